The van der Waals surface area contributed by atoms with Gasteiger partial charge in [0.05, 0.1) is 5.69 Å². The van der Waals surface area contributed by atoms with Gasteiger partial charge in [0.2, 0.25) is 11.9 Å². The van der Waals surface area contributed by atoms with Crippen LogP contribution in [0.2, 0.25) is 0 Å². The molecule has 1 saturated heterocycles. The molecule has 2 aromatic heterocycles. The number of amides is 1. The summed E-state index contributed by atoms with van der Waals surface area (Å²) in [4.78, 5) is 25.6. The van der Waals surface area contributed by atoms with Crippen molar-refractivity contribution in [1.29, 1.82) is 0 Å². The van der Waals surface area contributed by atoms with Crippen molar-refractivity contribution in [3.8, 4) is 0 Å². The molecule has 0 bridgehead atoms. The lowest BCUT2D eigenvalue weighted by atomic mass is 9.93. The normalized spacial score (nSPS) is 14.8. The van der Waals surface area contributed by atoms with Gasteiger partial charge in [-0.2, -0.15) is 10.1 Å². The molecule has 0 spiro atoms. The number of aromatic nitrogens is 4. The van der Waals surface area contributed by atoms with E-state index in [1.807, 2.05) is 36.8 Å². The minimum Gasteiger partial charge on any atom is -0.357 e. The zero-order chi connectivity index (χ0) is 21.7. The zero-order valence-electron chi connectivity index (χ0n) is 19.0. The Bertz CT molecular complexity index is 855. The van der Waals surface area contributed by atoms with Gasteiger partial charge in [-0.3, -0.25) is 9.48 Å². The maximum absolute atomic E-state index is 12.7. The number of aryl methyl sites for hydroxylation is 2. The second-order valence-corrected chi connectivity index (χ2v) is 8.31. The lowest BCUT2D eigenvalue weighted by Crippen LogP contribution is -2.37. The Kier molecular flexibility index (Phi) is 7.29. The van der Waals surface area contributed by atoms with Crippen molar-refractivity contribution < 1.29 is 4.79 Å². The monoisotopic (exact) mass is 413 g/mol. The molecule has 30 heavy (non-hydrogen) atoms. The van der Waals surface area contributed by atoms with Gasteiger partial charge >= 0.3 is 0 Å². The first kappa shape index (κ1) is 22.1. The van der Waals surface area contributed by atoms with Crippen LogP contribution in [0.15, 0.2) is 12.3 Å². The molecule has 8 heteroatoms. The van der Waals surface area contributed by atoms with Crippen LogP contribution in [0.25, 0.3) is 0 Å². The summed E-state index contributed by atoms with van der Waals surface area (Å²) >= 11 is 0. The first-order chi connectivity index (χ1) is 14.4. The molecule has 8 nitrogen and oxygen atoms in total. The summed E-state index contributed by atoms with van der Waals surface area (Å²) < 4.78 is 1.94. The van der Waals surface area contributed by atoms with Gasteiger partial charge in [-0.25, -0.2) is 4.98 Å². The molecular formula is C22H35N7O. The molecule has 1 fully saturated rings. The number of anilines is 2. The highest BCUT2D eigenvalue weighted by Gasteiger charge is 2.24. The van der Waals surface area contributed by atoms with E-state index in [0.29, 0.717) is 18.3 Å². The first-order valence-electron chi connectivity index (χ1n) is 10.9. The van der Waals surface area contributed by atoms with Crippen LogP contribution >= 0.6 is 0 Å². The largest absolute Gasteiger partial charge is 0.357 e. The van der Waals surface area contributed by atoms with Gasteiger partial charge in [-0.05, 0) is 57.1 Å². The van der Waals surface area contributed by atoms with E-state index >= 15 is 0 Å². The Balaban J connectivity index is 1.41. The maximum atomic E-state index is 12.7. The second kappa shape index (κ2) is 9.91. The third-order valence-electron chi connectivity index (χ3n) is 6.27. The number of hydrogen-bond donors (Lipinski definition) is 1. The standard InChI is InChI=1S/C22H35N7O/c1-16-19(17(2)28(5)26-16)7-6-12-27(4)21(30)15-18-9-13-29(14-10-18)20-8-11-24-22(23-3)25-20/h8,11,18H,6-7,9-10,12-15H2,1-5H3,(H,23,24,25). The van der Waals surface area contributed by atoms with Gasteiger partial charge in [-0.15, -0.1) is 0 Å². The highest BCUT2D eigenvalue weighted by atomic mass is 16.2. The molecule has 0 atom stereocenters. The highest BCUT2D eigenvalue weighted by Crippen LogP contribution is 2.25. The smallest absolute Gasteiger partial charge is 0.224 e. The quantitative estimate of drug-likeness (QED) is 0.717. The molecule has 1 amide bonds. The van der Waals surface area contributed by atoms with Crippen molar-refractivity contribution in [3.05, 3.63) is 29.2 Å². The molecular weight excluding hydrogens is 378 g/mol. The van der Waals surface area contributed by atoms with E-state index in [9.17, 15) is 4.79 Å². The molecule has 0 aliphatic carbocycles. The van der Waals surface area contributed by atoms with Crippen LogP contribution in [0, 0.1) is 19.8 Å². The molecule has 1 aliphatic rings. The van der Waals surface area contributed by atoms with Gasteiger partial charge < -0.3 is 15.1 Å². The van der Waals surface area contributed by atoms with Crippen LogP contribution in [0.4, 0.5) is 11.8 Å². The molecule has 0 aromatic carbocycles. The molecule has 164 valence electrons. The van der Waals surface area contributed by atoms with Crippen LogP contribution in [0.3, 0.4) is 0 Å². The van der Waals surface area contributed by atoms with Gasteiger partial charge in [0.1, 0.15) is 5.82 Å². The first-order valence-corrected chi connectivity index (χ1v) is 10.9. The summed E-state index contributed by atoms with van der Waals surface area (Å²) in [5.41, 5.74) is 3.64. The lowest BCUT2D eigenvalue weighted by Gasteiger charge is -2.33. The molecule has 0 saturated carbocycles. The van der Waals surface area contributed by atoms with Crippen molar-refractivity contribution in [3.63, 3.8) is 0 Å². The number of piperidine rings is 1. The SMILES string of the molecule is CNc1nccc(N2CCC(CC(=O)N(C)CCCc3c(C)nn(C)c3C)CC2)n1. The number of hydrogen-bond acceptors (Lipinski definition) is 6. The number of carbonyl (C=O) groups excluding carboxylic acids is 1. The van der Waals surface area contributed by atoms with Crippen molar-refractivity contribution in [1.82, 2.24) is 24.6 Å². The van der Waals surface area contributed by atoms with Crippen molar-refractivity contribution in [2.45, 2.75) is 46.0 Å². The molecule has 3 rings (SSSR count). The van der Waals surface area contributed by atoms with E-state index in [1.165, 1.54) is 11.3 Å². The van der Waals surface area contributed by atoms with Gasteiger partial charge in [0, 0.05) is 59.1 Å². The average molecular weight is 414 g/mol. The predicted octanol–water partition coefficient (Wildman–Crippen LogP) is 2.57. The molecule has 0 radical (unpaired) electrons. The molecule has 0 unspecified atom stereocenters. The van der Waals surface area contributed by atoms with Crippen molar-refractivity contribution in [2.75, 3.05) is 43.9 Å². The molecule has 3 heterocycles. The minimum atomic E-state index is 0.257. The van der Waals surface area contributed by atoms with Crippen LogP contribution in [0.5, 0.6) is 0 Å². The third kappa shape index (κ3) is 5.29. The summed E-state index contributed by atoms with van der Waals surface area (Å²) in [7, 11) is 5.74. The van der Waals surface area contributed by atoms with Crippen LogP contribution in [0.1, 0.15) is 42.6 Å². The van der Waals surface area contributed by atoms with Crippen molar-refractivity contribution in [2.24, 2.45) is 13.0 Å². The molecule has 1 aliphatic heterocycles. The highest BCUT2D eigenvalue weighted by molar-refractivity contribution is 5.76. The zero-order valence-corrected chi connectivity index (χ0v) is 19.0. The number of rotatable bonds is 8. The fraction of sp³-hybridized carbons (Fsp3) is 0.636. The Labute approximate surface area is 179 Å². The summed E-state index contributed by atoms with van der Waals surface area (Å²) in [5, 5.41) is 7.46. The lowest BCUT2D eigenvalue weighted by molar-refractivity contribution is -0.131. The van der Waals surface area contributed by atoms with Gasteiger partial charge in [-0.1, -0.05) is 0 Å². The summed E-state index contributed by atoms with van der Waals surface area (Å²) in [5.74, 6) is 2.30. The van der Waals surface area contributed by atoms with E-state index < -0.39 is 0 Å². The minimum absolute atomic E-state index is 0.257. The maximum Gasteiger partial charge on any atom is 0.224 e. The number of nitrogens with one attached hydrogen (secondary N) is 1. The topological polar surface area (TPSA) is 79.2 Å². The number of carbonyl (C=O) groups is 1. The van der Waals surface area contributed by atoms with E-state index in [1.54, 1.807) is 6.20 Å². The summed E-state index contributed by atoms with van der Waals surface area (Å²) in [6.07, 6.45) is 6.40. The van der Waals surface area contributed by atoms with E-state index in [4.69, 9.17) is 0 Å². The van der Waals surface area contributed by atoms with Crippen LogP contribution < -0.4 is 10.2 Å². The van der Waals surface area contributed by atoms with E-state index in [2.05, 4.69) is 39.1 Å². The second-order valence-electron chi connectivity index (χ2n) is 8.31. The van der Waals surface area contributed by atoms with Gasteiger partial charge in [0.25, 0.3) is 0 Å². The fourth-order valence-corrected chi connectivity index (χ4v) is 4.21. The third-order valence-corrected chi connectivity index (χ3v) is 6.27. The van der Waals surface area contributed by atoms with Gasteiger partial charge in [0.15, 0.2) is 0 Å². The molecule has 2 aromatic rings. The molecule has 1 N–H and O–H groups in total. The Morgan fingerprint density at radius 2 is 2.03 bits per heavy atom. The van der Waals surface area contributed by atoms with Crippen LogP contribution in [-0.2, 0) is 18.3 Å². The van der Waals surface area contributed by atoms with E-state index in [-0.39, 0.29) is 5.91 Å². The average Bonchev–Trinajstić information content (AvgIpc) is 3.00. The fourth-order valence-electron chi connectivity index (χ4n) is 4.21. The number of nitrogens with zero attached hydrogens (tertiary/aromatic N) is 6. The predicted molar refractivity (Wildman–Crippen MR) is 120 cm³/mol. The van der Waals surface area contributed by atoms with E-state index in [0.717, 1.165) is 56.8 Å². The Morgan fingerprint density at radius 3 is 2.67 bits per heavy atom. The Morgan fingerprint density at radius 1 is 1.30 bits per heavy atom. The summed E-state index contributed by atoms with van der Waals surface area (Å²) in [6, 6.07) is 1.95. The van der Waals surface area contributed by atoms with Crippen molar-refractivity contribution >= 4 is 17.7 Å². The van der Waals surface area contributed by atoms with Crippen LogP contribution in [-0.4, -0.2) is 64.3 Å². The Hall–Kier alpha value is -2.64. The summed E-state index contributed by atoms with van der Waals surface area (Å²) in [6.45, 7) is 6.82.